The van der Waals surface area contributed by atoms with Gasteiger partial charge in [-0.25, -0.2) is 13.1 Å². The van der Waals surface area contributed by atoms with Crippen molar-refractivity contribution in [2.45, 2.75) is 31.5 Å². The number of aromatic nitrogens is 1. The maximum Gasteiger partial charge on any atom is 0.209 e. The predicted molar refractivity (Wildman–Crippen MR) is 87.2 cm³/mol. The summed E-state index contributed by atoms with van der Waals surface area (Å²) in [5.41, 5.74) is 2.21. The van der Waals surface area contributed by atoms with Crippen molar-refractivity contribution in [1.29, 1.82) is 0 Å². The summed E-state index contributed by atoms with van der Waals surface area (Å²) in [6.07, 6.45) is 9.76. The van der Waals surface area contributed by atoms with Gasteiger partial charge in [-0.2, -0.15) is 0 Å². The van der Waals surface area contributed by atoms with E-state index in [0.717, 1.165) is 37.1 Å². The van der Waals surface area contributed by atoms with E-state index in [-0.39, 0.29) is 12.1 Å². The molecule has 7 heteroatoms. The molecular weight excluding hydrogens is 314 g/mol. The van der Waals surface area contributed by atoms with Crippen LogP contribution in [0.25, 0.3) is 0 Å². The first-order chi connectivity index (χ1) is 11.0. The molecule has 0 aliphatic carbocycles. The zero-order valence-corrected chi connectivity index (χ0v) is 13.9. The molecule has 0 spiro atoms. The molecule has 3 heterocycles. The fraction of sp³-hybridized carbons (Fsp3) is 0.438. The molecule has 2 aromatic rings. The van der Waals surface area contributed by atoms with Crippen LogP contribution in [0.1, 0.15) is 17.5 Å². The van der Waals surface area contributed by atoms with Crippen LogP contribution in [-0.4, -0.2) is 43.2 Å². The van der Waals surface area contributed by atoms with Gasteiger partial charge in [0.1, 0.15) is 0 Å². The number of likely N-dealkylation sites (tertiary alicyclic amines) is 1. The largest absolute Gasteiger partial charge is 0.472 e. The van der Waals surface area contributed by atoms with Gasteiger partial charge in [0.25, 0.3) is 0 Å². The van der Waals surface area contributed by atoms with Crippen LogP contribution in [0.5, 0.6) is 0 Å². The summed E-state index contributed by atoms with van der Waals surface area (Å²) in [6.45, 7) is 1.60. The summed E-state index contributed by atoms with van der Waals surface area (Å²) in [5, 5.41) is 0. The Labute approximate surface area is 136 Å². The van der Waals surface area contributed by atoms with Crippen LogP contribution in [-0.2, 0) is 23.0 Å². The van der Waals surface area contributed by atoms with Gasteiger partial charge in [-0.3, -0.25) is 9.88 Å². The highest BCUT2D eigenvalue weighted by Gasteiger charge is 2.35. The quantitative estimate of drug-likeness (QED) is 0.864. The molecule has 23 heavy (non-hydrogen) atoms. The number of rotatable bonds is 6. The summed E-state index contributed by atoms with van der Waals surface area (Å²) in [5.74, 6) is 0. The highest BCUT2D eigenvalue weighted by atomic mass is 32.2. The van der Waals surface area contributed by atoms with Crippen molar-refractivity contribution in [2.75, 3.05) is 12.8 Å². The third-order valence-electron chi connectivity index (χ3n) is 4.16. The maximum atomic E-state index is 11.7. The van der Waals surface area contributed by atoms with Gasteiger partial charge in [0.15, 0.2) is 0 Å². The standard InChI is InChI=1S/C16H21N3O3S/c1-23(20,21)18-15-4-7-19(11-14-5-8-22-12-14)16(15)9-13-3-2-6-17-10-13/h2-3,5-6,8,10,12,15-16,18H,4,7,9,11H2,1H3/t15-,16+/m1/s1. The van der Waals surface area contributed by atoms with Gasteiger partial charge in [0.2, 0.25) is 10.0 Å². The molecule has 124 valence electrons. The lowest BCUT2D eigenvalue weighted by Crippen LogP contribution is -2.45. The molecule has 6 nitrogen and oxygen atoms in total. The second kappa shape index (κ2) is 6.82. The molecule has 2 aromatic heterocycles. The third kappa shape index (κ3) is 4.40. The van der Waals surface area contributed by atoms with E-state index in [0.29, 0.717) is 0 Å². The smallest absolute Gasteiger partial charge is 0.209 e. The van der Waals surface area contributed by atoms with Gasteiger partial charge < -0.3 is 4.42 Å². The minimum Gasteiger partial charge on any atom is -0.472 e. The van der Waals surface area contributed by atoms with E-state index < -0.39 is 10.0 Å². The van der Waals surface area contributed by atoms with Crippen molar-refractivity contribution in [3.8, 4) is 0 Å². The van der Waals surface area contributed by atoms with Gasteiger partial charge in [-0.15, -0.1) is 0 Å². The number of hydrogen-bond donors (Lipinski definition) is 1. The van der Waals surface area contributed by atoms with E-state index >= 15 is 0 Å². The second-order valence-corrected chi connectivity index (χ2v) is 7.80. The maximum absolute atomic E-state index is 11.7. The monoisotopic (exact) mass is 335 g/mol. The molecule has 0 amide bonds. The molecule has 3 rings (SSSR count). The average molecular weight is 335 g/mol. The number of hydrogen-bond acceptors (Lipinski definition) is 5. The van der Waals surface area contributed by atoms with Crippen LogP contribution < -0.4 is 4.72 Å². The minimum atomic E-state index is -3.23. The third-order valence-corrected chi connectivity index (χ3v) is 4.89. The lowest BCUT2D eigenvalue weighted by Gasteiger charge is -2.28. The number of sulfonamides is 1. The van der Waals surface area contributed by atoms with Crippen LogP contribution in [0.3, 0.4) is 0 Å². The van der Waals surface area contributed by atoms with E-state index in [1.165, 1.54) is 6.26 Å². The molecule has 0 bridgehead atoms. The number of nitrogens with zero attached hydrogens (tertiary/aromatic N) is 2. The average Bonchev–Trinajstić information content (AvgIpc) is 3.12. The van der Waals surface area contributed by atoms with Crippen LogP contribution in [0.2, 0.25) is 0 Å². The summed E-state index contributed by atoms with van der Waals surface area (Å²) in [7, 11) is -3.23. The second-order valence-electron chi connectivity index (χ2n) is 6.02. The summed E-state index contributed by atoms with van der Waals surface area (Å²) in [4.78, 5) is 6.46. The van der Waals surface area contributed by atoms with Crippen molar-refractivity contribution in [1.82, 2.24) is 14.6 Å². The zero-order valence-electron chi connectivity index (χ0n) is 13.1. The van der Waals surface area contributed by atoms with Crippen molar-refractivity contribution in [3.05, 3.63) is 54.2 Å². The van der Waals surface area contributed by atoms with Gasteiger partial charge in [-0.1, -0.05) is 6.07 Å². The Kier molecular flexibility index (Phi) is 4.79. The van der Waals surface area contributed by atoms with Gasteiger partial charge in [0.05, 0.1) is 18.8 Å². The van der Waals surface area contributed by atoms with Gasteiger partial charge in [0, 0.05) is 43.1 Å². The van der Waals surface area contributed by atoms with E-state index in [1.807, 2.05) is 24.4 Å². The summed E-state index contributed by atoms with van der Waals surface area (Å²) >= 11 is 0. The highest BCUT2D eigenvalue weighted by Crippen LogP contribution is 2.24. The van der Waals surface area contributed by atoms with Gasteiger partial charge >= 0.3 is 0 Å². The molecule has 1 saturated heterocycles. The lowest BCUT2D eigenvalue weighted by atomic mass is 10.0. The number of nitrogens with one attached hydrogen (secondary N) is 1. The lowest BCUT2D eigenvalue weighted by molar-refractivity contribution is 0.230. The van der Waals surface area contributed by atoms with Crippen molar-refractivity contribution in [2.24, 2.45) is 0 Å². The van der Waals surface area contributed by atoms with Crippen molar-refractivity contribution >= 4 is 10.0 Å². The molecule has 1 aliphatic heterocycles. The zero-order chi connectivity index (χ0) is 16.3. The SMILES string of the molecule is CS(=O)(=O)N[C@@H]1CCN(Cc2ccoc2)[C@H]1Cc1cccnc1. The number of furan rings is 1. The fourth-order valence-corrected chi connectivity index (χ4v) is 4.00. The van der Waals surface area contributed by atoms with Crippen LogP contribution >= 0.6 is 0 Å². The molecule has 2 atom stereocenters. The molecule has 0 radical (unpaired) electrons. The topological polar surface area (TPSA) is 75.4 Å². The molecule has 0 aromatic carbocycles. The Morgan fingerprint density at radius 3 is 2.91 bits per heavy atom. The highest BCUT2D eigenvalue weighted by molar-refractivity contribution is 7.88. The molecule has 1 N–H and O–H groups in total. The Bertz CT molecular complexity index is 716. The number of pyridine rings is 1. The Morgan fingerprint density at radius 1 is 1.39 bits per heavy atom. The Balaban J connectivity index is 1.78. The van der Waals surface area contributed by atoms with Crippen LogP contribution in [0.4, 0.5) is 0 Å². The van der Waals surface area contributed by atoms with E-state index in [2.05, 4.69) is 14.6 Å². The normalized spacial score (nSPS) is 22.5. The Hall–Kier alpha value is -1.70. The first kappa shape index (κ1) is 16.2. The van der Waals surface area contributed by atoms with Crippen molar-refractivity contribution < 1.29 is 12.8 Å². The molecule has 1 aliphatic rings. The molecule has 1 fully saturated rings. The Morgan fingerprint density at radius 2 is 2.26 bits per heavy atom. The summed E-state index contributed by atoms with van der Waals surface area (Å²) in [6, 6.07) is 5.89. The van der Waals surface area contributed by atoms with E-state index in [9.17, 15) is 8.42 Å². The first-order valence-corrected chi connectivity index (χ1v) is 9.52. The minimum absolute atomic E-state index is 0.0860. The fourth-order valence-electron chi connectivity index (χ4n) is 3.18. The van der Waals surface area contributed by atoms with Gasteiger partial charge in [-0.05, 0) is 30.5 Å². The molecule has 0 unspecified atom stereocenters. The summed E-state index contributed by atoms with van der Waals surface area (Å²) < 4.78 is 31.2. The predicted octanol–water partition coefficient (Wildman–Crippen LogP) is 1.41. The first-order valence-electron chi connectivity index (χ1n) is 7.62. The molecule has 0 saturated carbocycles. The molecular formula is C16H21N3O3S. The van der Waals surface area contributed by atoms with Crippen LogP contribution in [0.15, 0.2) is 47.5 Å². The van der Waals surface area contributed by atoms with Crippen molar-refractivity contribution in [3.63, 3.8) is 0 Å². The van der Waals surface area contributed by atoms with E-state index in [4.69, 9.17) is 4.42 Å². The van der Waals surface area contributed by atoms with E-state index in [1.54, 1.807) is 18.7 Å². The van der Waals surface area contributed by atoms with Crippen LogP contribution in [0, 0.1) is 0 Å².